The van der Waals surface area contributed by atoms with Gasteiger partial charge in [-0.05, 0) is 24.3 Å². The van der Waals surface area contributed by atoms with E-state index in [-0.39, 0.29) is 11.3 Å². The molecule has 4 nitrogen and oxygen atoms in total. The van der Waals surface area contributed by atoms with Gasteiger partial charge < -0.3 is 4.90 Å². The van der Waals surface area contributed by atoms with E-state index in [1.807, 2.05) is 6.07 Å². The molecule has 3 rings (SSSR count). The second-order valence-electron chi connectivity index (χ2n) is 6.12. The van der Waals surface area contributed by atoms with Crippen LogP contribution in [0, 0.1) is 0 Å². The first kappa shape index (κ1) is 19.2. The number of nitrogens with zero attached hydrogens (tertiary/aromatic N) is 3. The highest BCUT2D eigenvalue weighted by Gasteiger charge is 2.31. The molecule has 1 aromatic carbocycles. The fourth-order valence-electron chi connectivity index (χ4n) is 2.60. The molecular weight excluding hydrogens is 423 g/mol. The summed E-state index contributed by atoms with van der Waals surface area (Å²) >= 11 is 3.36. The largest absolute Gasteiger partial charge is 0.417 e. The van der Waals surface area contributed by atoms with Crippen LogP contribution in [-0.4, -0.2) is 34.4 Å². The van der Waals surface area contributed by atoms with Crippen molar-refractivity contribution >= 4 is 27.2 Å². The van der Waals surface area contributed by atoms with Crippen molar-refractivity contribution in [1.29, 1.82) is 0 Å². The smallest absolute Gasteiger partial charge is 0.383 e. The lowest BCUT2D eigenvalue weighted by Crippen LogP contribution is -2.07. The van der Waals surface area contributed by atoms with Crippen LogP contribution in [0.15, 0.2) is 59.3 Å². The summed E-state index contributed by atoms with van der Waals surface area (Å²) < 4.78 is 41.0. The summed E-state index contributed by atoms with van der Waals surface area (Å²) in [5.41, 5.74) is 0.680. The van der Waals surface area contributed by atoms with Crippen molar-refractivity contribution in [2.75, 3.05) is 14.1 Å². The van der Waals surface area contributed by atoms with Crippen LogP contribution in [0.25, 0.3) is 16.8 Å². The van der Waals surface area contributed by atoms with Gasteiger partial charge in [-0.2, -0.15) is 18.3 Å². The van der Waals surface area contributed by atoms with Gasteiger partial charge in [0.2, 0.25) is 0 Å². The molecule has 27 heavy (non-hydrogen) atoms. The standard InChI is InChI=1S/C19H15BrF3N3O/c1-25(2)9-8-16(27)17-15-7-6-13(19(21,22)23)11-26(15)24-18(17)12-4-3-5-14(20)10-12/h3-11H,1-2H3. The number of carbonyl (C=O) groups is 1. The average Bonchev–Trinajstić information content (AvgIpc) is 2.97. The molecule has 0 radical (unpaired) electrons. The molecule has 0 spiro atoms. The van der Waals surface area contributed by atoms with Crippen molar-refractivity contribution in [1.82, 2.24) is 14.5 Å². The summed E-state index contributed by atoms with van der Waals surface area (Å²) in [6, 6.07) is 9.33. The van der Waals surface area contributed by atoms with Crippen LogP contribution >= 0.6 is 15.9 Å². The summed E-state index contributed by atoms with van der Waals surface area (Å²) in [6.07, 6.45) is -0.648. The van der Waals surface area contributed by atoms with Crippen LogP contribution in [0.3, 0.4) is 0 Å². The van der Waals surface area contributed by atoms with Gasteiger partial charge in [0, 0.05) is 42.6 Å². The van der Waals surface area contributed by atoms with Crippen LogP contribution in [0.1, 0.15) is 15.9 Å². The molecule has 0 amide bonds. The first-order valence-electron chi connectivity index (χ1n) is 7.91. The van der Waals surface area contributed by atoms with E-state index in [1.165, 1.54) is 12.1 Å². The van der Waals surface area contributed by atoms with Gasteiger partial charge >= 0.3 is 6.18 Å². The summed E-state index contributed by atoms with van der Waals surface area (Å²) in [4.78, 5) is 14.5. The van der Waals surface area contributed by atoms with Crippen LogP contribution < -0.4 is 0 Å². The van der Waals surface area contributed by atoms with Gasteiger partial charge in [0.25, 0.3) is 0 Å². The van der Waals surface area contributed by atoms with Gasteiger partial charge in [0.1, 0.15) is 5.69 Å². The van der Waals surface area contributed by atoms with Crippen molar-refractivity contribution in [3.05, 3.63) is 70.5 Å². The molecule has 0 unspecified atom stereocenters. The second-order valence-corrected chi connectivity index (χ2v) is 7.04. The predicted octanol–water partition coefficient (Wildman–Crippen LogP) is 5.04. The highest BCUT2D eigenvalue weighted by Crippen LogP contribution is 2.33. The molecule has 0 aliphatic rings. The summed E-state index contributed by atoms with van der Waals surface area (Å²) in [7, 11) is 3.54. The SMILES string of the molecule is CN(C)C=CC(=O)c1c(-c2cccc(Br)c2)nn2cc(C(F)(F)F)ccc12. The molecule has 0 N–H and O–H groups in total. The van der Waals surface area contributed by atoms with E-state index in [9.17, 15) is 18.0 Å². The number of carbonyl (C=O) groups excluding carboxylic acids is 1. The third-order valence-corrected chi connectivity index (χ3v) is 4.32. The Bertz CT molecular complexity index is 1040. The number of allylic oxidation sites excluding steroid dienone is 1. The number of alkyl halides is 3. The molecule has 0 fully saturated rings. The second kappa shape index (κ2) is 7.19. The van der Waals surface area contributed by atoms with Crippen LogP contribution in [0.5, 0.6) is 0 Å². The monoisotopic (exact) mass is 437 g/mol. The number of rotatable bonds is 4. The maximum Gasteiger partial charge on any atom is 0.417 e. The Kier molecular flexibility index (Phi) is 5.10. The first-order valence-corrected chi connectivity index (χ1v) is 8.70. The molecule has 0 aliphatic heterocycles. The van der Waals surface area contributed by atoms with Crippen LogP contribution in [-0.2, 0) is 6.18 Å². The molecule has 0 aliphatic carbocycles. The summed E-state index contributed by atoms with van der Waals surface area (Å²) in [6.45, 7) is 0. The number of hydrogen-bond donors (Lipinski definition) is 0. The van der Waals surface area contributed by atoms with Gasteiger partial charge in [-0.15, -0.1) is 0 Å². The third-order valence-electron chi connectivity index (χ3n) is 3.83. The first-order chi connectivity index (χ1) is 12.7. The zero-order chi connectivity index (χ0) is 19.8. The van der Waals surface area contributed by atoms with Gasteiger partial charge in [-0.1, -0.05) is 28.1 Å². The van der Waals surface area contributed by atoms with E-state index in [0.717, 1.165) is 21.3 Å². The summed E-state index contributed by atoms with van der Waals surface area (Å²) in [5, 5.41) is 4.27. The number of halogens is 4. The Labute approximate surface area is 162 Å². The lowest BCUT2D eigenvalue weighted by Gasteiger charge is -2.06. The molecule has 3 aromatic rings. The molecule has 8 heteroatoms. The zero-order valence-corrected chi connectivity index (χ0v) is 16.0. The fourth-order valence-corrected chi connectivity index (χ4v) is 3.00. The van der Waals surface area contributed by atoms with E-state index < -0.39 is 11.7 Å². The number of pyridine rings is 1. The number of hydrogen-bond acceptors (Lipinski definition) is 3. The van der Waals surface area contributed by atoms with Crippen molar-refractivity contribution in [2.24, 2.45) is 0 Å². The van der Waals surface area contributed by atoms with Crippen molar-refractivity contribution in [3.63, 3.8) is 0 Å². The van der Waals surface area contributed by atoms with E-state index in [1.54, 1.807) is 43.4 Å². The zero-order valence-electron chi connectivity index (χ0n) is 14.5. The van der Waals surface area contributed by atoms with Crippen molar-refractivity contribution in [3.8, 4) is 11.3 Å². The Balaban J connectivity index is 2.25. The van der Waals surface area contributed by atoms with Crippen LogP contribution in [0.2, 0.25) is 0 Å². The Morgan fingerprint density at radius 1 is 1.22 bits per heavy atom. The average molecular weight is 438 g/mol. The molecule has 0 saturated carbocycles. The molecule has 0 bridgehead atoms. The molecule has 0 saturated heterocycles. The van der Waals surface area contributed by atoms with E-state index in [4.69, 9.17) is 0 Å². The Morgan fingerprint density at radius 3 is 2.59 bits per heavy atom. The minimum absolute atomic E-state index is 0.250. The predicted molar refractivity (Wildman–Crippen MR) is 100 cm³/mol. The minimum atomic E-state index is -4.49. The van der Waals surface area contributed by atoms with Crippen molar-refractivity contribution in [2.45, 2.75) is 6.18 Å². The number of aromatic nitrogens is 2. The molecule has 2 heterocycles. The van der Waals surface area contributed by atoms with E-state index >= 15 is 0 Å². The lowest BCUT2D eigenvalue weighted by atomic mass is 10.0. The summed E-state index contributed by atoms with van der Waals surface area (Å²) in [5.74, 6) is -0.339. The molecule has 140 valence electrons. The van der Waals surface area contributed by atoms with Gasteiger partial charge in [0.15, 0.2) is 5.78 Å². The maximum atomic E-state index is 13.0. The number of fused-ring (bicyclic) bond motifs is 1. The molecule has 0 atom stereocenters. The third kappa shape index (κ3) is 4.05. The number of benzene rings is 1. The normalized spacial score (nSPS) is 12.1. The Morgan fingerprint density at radius 2 is 1.96 bits per heavy atom. The van der Waals surface area contributed by atoms with Gasteiger partial charge in [0.05, 0.1) is 16.6 Å². The maximum absolute atomic E-state index is 13.0. The molecular formula is C19H15BrF3N3O. The quantitative estimate of drug-likeness (QED) is 0.423. The fraction of sp³-hybridized carbons (Fsp3) is 0.158. The van der Waals surface area contributed by atoms with Gasteiger partial charge in [-0.25, -0.2) is 4.52 Å². The van der Waals surface area contributed by atoms with Gasteiger partial charge in [-0.3, -0.25) is 4.79 Å². The highest BCUT2D eigenvalue weighted by molar-refractivity contribution is 9.10. The molecule has 2 aromatic heterocycles. The van der Waals surface area contributed by atoms with Crippen LogP contribution in [0.4, 0.5) is 13.2 Å². The minimum Gasteiger partial charge on any atom is -0.383 e. The topological polar surface area (TPSA) is 37.6 Å². The number of ketones is 1. The van der Waals surface area contributed by atoms with E-state index in [2.05, 4.69) is 21.0 Å². The van der Waals surface area contributed by atoms with E-state index in [0.29, 0.717) is 16.8 Å². The Hall–Kier alpha value is -2.61. The highest BCUT2D eigenvalue weighted by atomic mass is 79.9. The lowest BCUT2D eigenvalue weighted by molar-refractivity contribution is -0.137. The van der Waals surface area contributed by atoms with Crippen molar-refractivity contribution < 1.29 is 18.0 Å².